The molecule has 0 amide bonds. The summed E-state index contributed by atoms with van der Waals surface area (Å²) < 4.78 is 2.39. The van der Waals surface area contributed by atoms with E-state index in [9.17, 15) is 0 Å². The van der Waals surface area contributed by atoms with Crippen molar-refractivity contribution in [1.29, 1.82) is 0 Å². The zero-order valence-electron chi connectivity index (χ0n) is 27.5. The van der Waals surface area contributed by atoms with Gasteiger partial charge in [-0.15, -0.1) is 0 Å². The van der Waals surface area contributed by atoms with Crippen LogP contribution in [-0.4, -0.2) is 4.57 Å². The maximum atomic E-state index is 2.39. The van der Waals surface area contributed by atoms with Crippen LogP contribution in [0, 0.1) is 0 Å². The van der Waals surface area contributed by atoms with Crippen LogP contribution in [-0.2, 0) is 0 Å². The molecule has 0 saturated carbocycles. The average molecular weight is 639 g/mol. The van der Waals surface area contributed by atoms with Crippen molar-refractivity contribution in [1.82, 2.24) is 4.57 Å². The Labute approximate surface area is 292 Å². The van der Waals surface area contributed by atoms with Gasteiger partial charge in [-0.05, 0) is 100 Å². The van der Waals surface area contributed by atoms with Gasteiger partial charge in [0.15, 0.2) is 0 Å². The topological polar surface area (TPSA) is 8.17 Å². The van der Waals surface area contributed by atoms with Gasteiger partial charge >= 0.3 is 0 Å². The molecule has 2 heteroatoms. The molecule has 0 aliphatic heterocycles. The van der Waals surface area contributed by atoms with E-state index in [-0.39, 0.29) is 0 Å². The van der Waals surface area contributed by atoms with Gasteiger partial charge in [-0.3, -0.25) is 0 Å². The Morgan fingerprint density at radius 2 is 0.720 bits per heavy atom. The monoisotopic (exact) mass is 638 g/mol. The molecule has 50 heavy (non-hydrogen) atoms. The van der Waals surface area contributed by atoms with Crippen LogP contribution in [0.4, 0.5) is 17.1 Å². The molecule has 0 atom stereocenters. The van der Waals surface area contributed by atoms with Gasteiger partial charge in [0.1, 0.15) is 0 Å². The Morgan fingerprint density at radius 3 is 1.38 bits per heavy atom. The zero-order chi connectivity index (χ0) is 33.3. The van der Waals surface area contributed by atoms with Crippen molar-refractivity contribution in [3.8, 4) is 39.1 Å². The molecule has 1 heterocycles. The van der Waals surface area contributed by atoms with Crippen molar-refractivity contribution in [2.75, 3.05) is 4.90 Å². The lowest BCUT2D eigenvalue weighted by atomic mass is 10.0. The van der Waals surface area contributed by atoms with Crippen molar-refractivity contribution in [3.05, 3.63) is 206 Å². The van der Waals surface area contributed by atoms with Gasteiger partial charge in [-0.2, -0.15) is 0 Å². The number of anilines is 3. The Hall–Kier alpha value is -6.64. The number of para-hydroxylation sites is 2. The van der Waals surface area contributed by atoms with E-state index in [1.54, 1.807) is 0 Å². The minimum absolute atomic E-state index is 1.11. The lowest BCUT2D eigenvalue weighted by Crippen LogP contribution is -2.09. The summed E-state index contributed by atoms with van der Waals surface area (Å²) in [5, 5.41) is 2.50. The van der Waals surface area contributed by atoms with Crippen LogP contribution in [0.2, 0.25) is 0 Å². The van der Waals surface area contributed by atoms with E-state index in [0.29, 0.717) is 0 Å². The Kier molecular flexibility index (Phi) is 7.53. The van der Waals surface area contributed by atoms with Crippen molar-refractivity contribution in [3.63, 3.8) is 0 Å². The third kappa shape index (κ3) is 5.43. The highest BCUT2D eigenvalue weighted by Crippen LogP contribution is 2.39. The molecule has 0 aliphatic carbocycles. The molecule has 2 nitrogen and oxygen atoms in total. The standard InChI is InChI=1S/C48H34N2/c1-4-13-35(14-5-1)37-23-28-42(29-24-37)49(41-18-8-3-9-19-41)43-30-25-38(26-31-43)40-27-32-48-46(34-40)45-21-10-11-22-47(45)50(48)44-20-12-17-39(33-44)36-15-6-2-7-16-36/h1-34H. The second-order valence-corrected chi connectivity index (χ2v) is 12.6. The van der Waals surface area contributed by atoms with E-state index in [1.165, 1.54) is 55.2 Å². The lowest BCUT2D eigenvalue weighted by molar-refractivity contribution is 1.18. The van der Waals surface area contributed by atoms with Crippen molar-refractivity contribution >= 4 is 38.9 Å². The van der Waals surface area contributed by atoms with E-state index in [1.807, 2.05) is 0 Å². The number of benzene rings is 8. The number of fused-ring (bicyclic) bond motifs is 3. The normalized spacial score (nSPS) is 11.2. The molecule has 0 radical (unpaired) electrons. The molecule has 0 N–H and O–H groups in total. The van der Waals surface area contributed by atoms with Crippen LogP contribution < -0.4 is 4.90 Å². The molecule has 0 saturated heterocycles. The highest BCUT2D eigenvalue weighted by atomic mass is 15.1. The molecule has 1 aromatic heterocycles. The summed E-state index contributed by atoms with van der Waals surface area (Å²) in [4.78, 5) is 2.32. The molecule has 0 fully saturated rings. The van der Waals surface area contributed by atoms with Crippen molar-refractivity contribution < 1.29 is 0 Å². The zero-order valence-corrected chi connectivity index (χ0v) is 27.5. The maximum absolute atomic E-state index is 2.39. The average Bonchev–Trinajstić information content (AvgIpc) is 3.53. The van der Waals surface area contributed by atoms with Gasteiger partial charge in [-0.25, -0.2) is 0 Å². The minimum Gasteiger partial charge on any atom is -0.311 e. The van der Waals surface area contributed by atoms with Gasteiger partial charge in [0.2, 0.25) is 0 Å². The second-order valence-electron chi connectivity index (χ2n) is 12.6. The largest absolute Gasteiger partial charge is 0.311 e. The molecule has 8 aromatic carbocycles. The lowest BCUT2D eigenvalue weighted by Gasteiger charge is -2.26. The molecular formula is C48H34N2. The van der Waals surface area contributed by atoms with Crippen LogP contribution in [0.15, 0.2) is 206 Å². The summed E-state index contributed by atoms with van der Waals surface area (Å²) in [5.41, 5.74) is 14.2. The third-order valence-electron chi connectivity index (χ3n) is 9.59. The Balaban J connectivity index is 1.09. The number of aromatic nitrogens is 1. The van der Waals surface area contributed by atoms with Gasteiger partial charge in [0, 0.05) is 33.5 Å². The van der Waals surface area contributed by atoms with Crippen molar-refractivity contribution in [2.45, 2.75) is 0 Å². The number of nitrogens with zero attached hydrogens (tertiary/aromatic N) is 2. The predicted octanol–water partition coefficient (Wildman–Crippen LogP) is 13.3. The maximum Gasteiger partial charge on any atom is 0.0541 e. The summed E-state index contributed by atoms with van der Waals surface area (Å²) in [6.45, 7) is 0. The Morgan fingerprint density at radius 1 is 0.280 bits per heavy atom. The van der Waals surface area contributed by atoms with Gasteiger partial charge in [0.05, 0.1) is 11.0 Å². The summed E-state index contributed by atoms with van der Waals surface area (Å²) >= 11 is 0. The molecule has 9 rings (SSSR count). The fourth-order valence-corrected chi connectivity index (χ4v) is 7.15. The van der Waals surface area contributed by atoms with Crippen LogP contribution >= 0.6 is 0 Å². The second kappa shape index (κ2) is 12.8. The van der Waals surface area contributed by atoms with Crippen molar-refractivity contribution in [2.24, 2.45) is 0 Å². The first-order valence-corrected chi connectivity index (χ1v) is 17.1. The van der Waals surface area contributed by atoms with Gasteiger partial charge in [0.25, 0.3) is 0 Å². The Bertz CT molecular complexity index is 2550. The first-order chi connectivity index (χ1) is 24.8. The first kappa shape index (κ1) is 29.5. The fraction of sp³-hybridized carbons (Fsp3) is 0. The van der Waals surface area contributed by atoms with Crippen LogP contribution in [0.3, 0.4) is 0 Å². The number of hydrogen-bond donors (Lipinski definition) is 0. The number of hydrogen-bond acceptors (Lipinski definition) is 1. The molecule has 0 spiro atoms. The smallest absolute Gasteiger partial charge is 0.0541 e. The number of rotatable bonds is 7. The molecule has 0 bridgehead atoms. The molecule has 236 valence electrons. The highest BCUT2D eigenvalue weighted by Gasteiger charge is 2.16. The van der Waals surface area contributed by atoms with Crippen LogP contribution in [0.1, 0.15) is 0 Å². The quantitative estimate of drug-likeness (QED) is 0.169. The van der Waals surface area contributed by atoms with E-state index in [0.717, 1.165) is 22.7 Å². The van der Waals surface area contributed by atoms with Gasteiger partial charge in [-0.1, -0.05) is 140 Å². The van der Waals surface area contributed by atoms with Crippen LogP contribution in [0.5, 0.6) is 0 Å². The van der Waals surface area contributed by atoms with E-state index < -0.39 is 0 Å². The summed E-state index contributed by atoms with van der Waals surface area (Å²) in [6.07, 6.45) is 0. The minimum atomic E-state index is 1.11. The summed E-state index contributed by atoms with van der Waals surface area (Å²) in [6, 6.07) is 74.0. The van der Waals surface area contributed by atoms with E-state index >= 15 is 0 Å². The highest BCUT2D eigenvalue weighted by molar-refractivity contribution is 6.10. The van der Waals surface area contributed by atoms with Gasteiger partial charge < -0.3 is 9.47 Å². The summed E-state index contributed by atoms with van der Waals surface area (Å²) in [7, 11) is 0. The molecule has 0 unspecified atom stereocenters. The van der Waals surface area contributed by atoms with E-state index in [4.69, 9.17) is 0 Å². The predicted molar refractivity (Wildman–Crippen MR) is 212 cm³/mol. The first-order valence-electron chi connectivity index (χ1n) is 17.1. The van der Waals surface area contributed by atoms with Crippen LogP contribution in [0.25, 0.3) is 60.9 Å². The van der Waals surface area contributed by atoms with E-state index in [2.05, 4.69) is 216 Å². The SMILES string of the molecule is c1ccc(-c2ccc(N(c3ccccc3)c3ccc(-c4ccc5c(c4)c4ccccc4n5-c4cccc(-c5ccccc5)c4)cc3)cc2)cc1. The summed E-state index contributed by atoms with van der Waals surface area (Å²) in [5.74, 6) is 0. The third-order valence-corrected chi connectivity index (χ3v) is 9.59. The molecular weight excluding hydrogens is 605 g/mol. The fourth-order valence-electron chi connectivity index (χ4n) is 7.15. The molecule has 9 aromatic rings. The molecule has 0 aliphatic rings.